The lowest BCUT2D eigenvalue weighted by atomic mass is 9.98. The van der Waals surface area contributed by atoms with Crippen molar-refractivity contribution < 1.29 is 4.79 Å². The third kappa shape index (κ3) is 2.45. The van der Waals surface area contributed by atoms with Gasteiger partial charge in [0.05, 0.1) is 12.2 Å². The Labute approximate surface area is 137 Å². The standard InChI is InChI=1S/C16H16N6O2/c23-14-9-11(20-16-19-6-8-22(14)16)13-3-1-2-7-21(13)15(24)12-10-17-4-5-18-12/h4-6,8-10,13H,1-3,7H2,(H,19,20). The Hall–Kier alpha value is -3.03. The number of rotatable bonds is 2. The molecule has 0 saturated carbocycles. The monoisotopic (exact) mass is 324 g/mol. The lowest BCUT2D eigenvalue weighted by Crippen LogP contribution is -2.39. The predicted molar refractivity (Wildman–Crippen MR) is 85.5 cm³/mol. The molecule has 4 heterocycles. The highest BCUT2D eigenvalue weighted by Crippen LogP contribution is 2.30. The fourth-order valence-corrected chi connectivity index (χ4v) is 3.18. The largest absolute Gasteiger partial charge is 0.329 e. The molecule has 3 aromatic heterocycles. The molecule has 1 aliphatic rings. The molecule has 4 rings (SSSR count). The maximum Gasteiger partial charge on any atom is 0.274 e. The van der Waals surface area contributed by atoms with Gasteiger partial charge in [-0.1, -0.05) is 0 Å². The van der Waals surface area contributed by atoms with Gasteiger partial charge in [-0.3, -0.25) is 19.0 Å². The Bertz CT molecular complexity index is 932. The first kappa shape index (κ1) is 14.6. The number of nitrogens with one attached hydrogen (secondary N) is 1. The van der Waals surface area contributed by atoms with Gasteiger partial charge in [-0.05, 0) is 19.3 Å². The molecule has 8 heteroatoms. The van der Waals surface area contributed by atoms with E-state index in [0.717, 1.165) is 19.3 Å². The Kier molecular flexibility index (Phi) is 3.56. The highest BCUT2D eigenvalue weighted by atomic mass is 16.2. The Morgan fingerprint density at radius 2 is 2.12 bits per heavy atom. The third-order valence-electron chi connectivity index (χ3n) is 4.32. The second-order valence-corrected chi connectivity index (χ2v) is 5.78. The molecule has 1 amide bonds. The summed E-state index contributed by atoms with van der Waals surface area (Å²) in [6, 6.07) is 1.35. The van der Waals surface area contributed by atoms with Crippen LogP contribution in [0.1, 0.15) is 41.5 Å². The maximum atomic E-state index is 12.8. The lowest BCUT2D eigenvalue weighted by molar-refractivity contribution is 0.0599. The number of imidazole rings is 1. The van der Waals surface area contributed by atoms with Crippen LogP contribution in [0.5, 0.6) is 0 Å². The van der Waals surface area contributed by atoms with Crippen molar-refractivity contribution >= 4 is 11.7 Å². The number of aromatic amines is 1. The summed E-state index contributed by atoms with van der Waals surface area (Å²) >= 11 is 0. The van der Waals surface area contributed by atoms with Crippen molar-refractivity contribution in [2.24, 2.45) is 0 Å². The van der Waals surface area contributed by atoms with E-state index in [1.165, 1.54) is 23.0 Å². The van der Waals surface area contributed by atoms with Gasteiger partial charge in [0.1, 0.15) is 5.69 Å². The van der Waals surface area contributed by atoms with Crippen molar-refractivity contribution in [1.82, 2.24) is 29.2 Å². The van der Waals surface area contributed by atoms with Crippen molar-refractivity contribution in [1.29, 1.82) is 0 Å². The SMILES string of the molecule is O=C(c1cnccn1)N1CCCCC1c1cc(=O)n2ccnc2[nH]1. The van der Waals surface area contributed by atoms with E-state index >= 15 is 0 Å². The summed E-state index contributed by atoms with van der Waals surface area (Å²) in [5, 5.41) is 0. The predicted octanol–water partition coefficient (Wildman–Crippen LogP) is 1.18. The van der Waals surface area contributed by atoms with Gasteiger partial charge in [0, 0.05) is 43.1 Å². The summed E-state index contributed by atoms with van der Waals surface area (Å²) in [6.45, 7) is 0.627. The number of H-pyrrole nitrogens is 1. The number of nitrogens with zero attached hydrogens (tertiary/aromatic N) is 5. The number of carbonyl (C=O) groups is 1. The molecule has 1 N–H and O–H groups in total. The molecule has 0 aliphatic carbocycles. The zero-order valence-electron chi connectivity index (χ0n) is 12.9. The molecule has 3 aromatic rings. The van der Waals surface area contributed by atoms with Crippen molar-refractivity contribution in [2.45, 2.75) is 25.3 Å². The molecular weight excluding hydrogens is 308 g/mol. The van der Waals surface area contributed by atoms with E-state index < -0.39 is 0 Å². The van der Waals surface area contributed by atoms with Gasteiger partial charge in [-0.2, -0.15) is 0 Å². The van der Waals surface area contributed by atoms with Crippen LogP contribution in [0.25, 0.3) is 5.78 Å². The lowest BCUT2D eigenvalue weighted by Gasteiger charge is -2.35. The number of amides is 1. The van der Waals surface area contributed by atoms with Gasteiger partial charge in [-0.25, -0.2) is 9.97 Å². The summed E-state index contributed by atoms with van der Waals surface area (Å²) in [5.41, 5.74) is 0.859. The van der Waals surface area contributed by atoms with E-state index in [4.69, 9.17) is 0 Å². The van der Waals surface area contributed by atoms with Crippen molar-refractivity contribution in [3.05, 3.63) is 58.8 Å². The van der Waals surface area contributed by atoms with E-state index in [9.17, 15) is 9.59 Å². The Morgan fingerprint density at radius 1 is 1.21 bits per heavy atom. The second kappa shape index (κ2) is 5.88. The summed E-state index contributed by atoms with van der Waals surface area (Å²) in [6.07, 6.45) is 10.4. The summed E-state index contributed by atoms with van der Waals surface area (Å²) in [7, 11) is 0. The van der Waals surface area contributed by atoms with Crippen LogP contribution >= 0.6 is 0 Å². The molecule has 8 nitrogen and oxygen atoms in total. The van der Waals surface area contributed by atoms with E-state index in [0.29, 0.717) is 23.7 Å². The summed E-state index contributed by atoms with van der Waals surface area (Å²) in [4.78, 5) is 42.2. The van der Waals surface area contributed by atoms with Crippen molar-refractivity contribution in [2.75, 3.05) is 6.54 Å². The normalized spacial score (nSPS) is 18.0. The Balaban J connectivity index is 1.73. The summed E-state index contributed by atoms with van der Waals surface area (Å²) < 4.78 is 1.45. The number of hydrogen-bond donors (Lipinski definition) is 1. The van der Waals surface area contributed by atoms with Crippen molar-refractivity contribution in [3.63, 3.8) is 0 Å². The first-order chi connectivity index (χ1) is 11.7. The first-order valence-corrected chi connectivity index (χ1v) is 7.87. The van der Waals surface area contributed by atoms with E-state index in [2.05, 4.69) is 19.9 Å². The molecule has 0 bridgehead atoms. The molecule has 1 atom stereocenters. The number of likely N-dealkylation sites (tertiary alicyclic amines) is 1. The summed E-state index contributed by atoms with van der Waals surface area (Å²) in [5.74, 6) is 0.312. The van der Waals surface area contributed by atoms with Gasteiger partial charge in [0.25, 0.3) is 11.5 Å². The highest BCUT2D eigenvalue weighted by Gasteiger charge is 2.30. The molecule has 1 aliphatic heterocycles. The molecule has 0 radical (unpaired) electrons. The zero-order chi connectivity index (χ0) is 16.5. The van der Waals surface area contributed by atoms with Gasteiger partial charge < -0.3 is 9.88 Å². The van der Waals surface area contributed by atoms with Crippen LogP contribution in [0.3, 0.4) is 0 Å². The zero-order valence-corrected chi connectivity index (χ0v) is 12.9. The molecule has 1 saturated heterocycles. The van der Waals surface area contributed by atoms with E-state index in [1.54, 1.807) is 23.4 Å². The minimum absolute atomic E-state index is 0.159. The molecule has 1 unspecified atom stereocenters. The van der Waals surface area contributed by atoms with Gasteiger partial charge in [-0.15, -0.1) is 0 Å². The number of hydrogen-bond acceptors (Lipinski definition) is 5. The smallest absolute Gasteiger partial charge is 0.274 e. The van der Waals surface area contributed by atoms with Crippen LogP contribution in [0.15, 0.2) is 41.8 Å². The second-order valence-electron chi connectivity index (χ2n) is 5.78. The molecular formula is C16H16N6O2. The van der Waals surface area contributed by atoms with Crippen LogP contribution in [0.2, 0.25) is 0 Å². The number of fused-ring (bicyclic) bond motifs is 1. The average molecular weight is 324 g/mol. The number of piperidine rings is 1. The topological polar surface area (TPSA) is 96.2 Å². The maximum absolute atomic E-state index is 12.8. The Morgan fingerprint density at radius 3 is 2.96 bits per heavy atom. The first-order valence-electron chi connectivity index (χ1n) is 7.87. The molecule has 0 aromatic carbocycles. The quantitative estimate of drug-likeness (QED) is 0.763. The number of aromatic nitrogens is 5. The minimum atomic E-state index is -0.192. The molecule has 122 valence electrons. The van der Waals surface area contributed by atoms with Crippen LogP contribution in [-0.4, -0.2) is 41.7 Å². The fraction of sp³-hybridized carbons (Fsp3) is 0.312. The van der Waals surface area contributed by atoms with Crippen LogP contribution in [0, 0.1) is 0 Å². The molecule has 24 heavy (non-hydrogen) atoms. The highest BCUT2D eigenvalue weighted by molar-refractivity contribution is 5.92. The van der Waals surface area contributed by atoms with Crippen LogP contribution in [-0.2, 0) is 0 Å². The van der Waals surface area contributed by atoms with Gasteiger partial charge >= 0.3 is 0 Å². The molecule has 1 fully saturated rings. The number of carbonyl (C=O) groups excluding carboxylic acids is 1. The van der Waals surface area contributed by atoms with Gasteiger partial charge in [0.2, 0.25) is 5.78 Å². The minimum Gasteiger partial charge on any atom is -0.329 e. The molecule has 0 spiro atoms. The van der Waals surface area contributed by atoms with Crippen LogP contribution in [0.4, 0.5) is 0 Å². The van der Waals surface area contributed by atoms with Crippen LogP contribution < -0.4 is 5.56 Å². The third-order valence-corrected chi connectivity index (χ3v) is 4.32. The van der Waals surface area contributed by atoms with E-state index in [1.807, 2.05) is 0 Å². The van der Waals surface area contributed by atoms with Crippen molar-refractivity contribution in [3.8, 4) is 0 Å². The fourth-order valence-electron chi connectivity index (χ4n) is 3.18. The van der Waals surface area contributed by atoms with Gasteiger partial charge in [0.15, 0.2) is 0 Å². The van der Waals surface area contributed by atoms with E-state index in [-0.39, 0.29) is 17.5 Å². The average Bonchev–Trinajstić information content (AvgIpc) is 3.11.